The Bertz CT molecular complexity index is 286. The van der Waals surface area contributed by atoms with Gasteiger partial charge in [0.1, 0.15) is 0 Å². The minimum Gasteiger partial charge on any atom is -0.481 e. The number of nitrogens with zero attached hydrogens (tertiary/aromatic N) is 1. The van der Waals surface area contributed by atoms with E-state index in [2.05, 4.69) is 0 Å². The van der Waals surface area contributed by atoms with E-state index in [-0.39, 0.29) is 24.3 Å². The molecule has 1 aliphatic carbocycles. The highest BCUT2D eigenvalue weighted by molar-refractivity contribution is 5.84. The highest BCUT2D eigenvalue weighted by Gasteiger charge is 2.46. The summed E-state index contributed by atoms with van der Waals surface area (Å²) in [5.41, 5.74) is -0.386. The van der Waals surface area contributed by atoms with E-state index in [1.54, 1.807) is 12.0 Å². The second-order valence-electron chi connectivity index (χ2n) is 4.60. The fourth-order valence-electron chi connectivity index (χ4n) is 2.27. The lowest BCUT2D eigenvalue weighted by Gasteiger charge is -2.42. The number of carboxylic acids is 1. The fourth-order valence-corrected chi connectivity index (χ4v) is 2.27. The number of hydrogen-bond donors (Lipinski definition) is 1. The summed E-state index contributed by atoms with van der Waals surface area (Å²) < 4.78 is 5.13. The van der Waals surface area contributed by atoms with Gasteiger partial charge in [-0.2, -0.15) is 0 Å². The third-order valence-corrected chi connectivity index (χ3v) is 3.45. The molecule has 1 N–H and O–H groups in total. The van der Waals surface area contributed by atoms with Gasteiger partial charge >= 0.3 is 5.97 Å². The van der Waals surface area contributed by atoms with Gasteiger partial charge in [0.05, 0.1) is 18.4 Å². The van der Waals surface area contributed by atoms with Gasteiger partial charge in [-0.3, -0.25) is 9.59 Å². The lowest BCUT2D eigenvalue weighted by molar-refractivity contribution is -0.152. The third kappa shape index (κ3) is 3.19. The number of carbonyl (C=O) groups excluding carboxylic acids is 1. The van der Waals surface area contributed by atoms with Gasteiger partial charge in [0.15, 0.2) is 0 Å². The van der Waals surface area contributed by atoms with Crippen LogP contribution in [0, 0.1) is 5.41 Å². The summed E-state index contributed by atoms with van der Waals surface area (Å²) in [5.74, 6) is -0.819. The molecule has 5 nitrogen and oxygen atoms in total. The van der Waals surface area contributed by atoms with Crippen molar-refractivity contribution in [3.8, 4) is 0 Å². The molecule has 1 rings (SSSR count). The van der Waals surface area contributed by atoms with Gasteiger partial charge in [-0.15, -0.1) is 0 Å². The molecule has 0 saturated heterocycles. The number of hydrogen-bond acceptors (Lipinski definition) is 3. The molecular weight excluding hydrogens is 222 g/mol. The largest absolute Gasteiger partial charge is 0.481 e. The van der Waals surface area contributed by atoms with Gasteiger partial charge in [0, 0.05) is 20.2 Å². The summed E-state index contributed by atoms with van der Waals surface area (Å²) >= 11 is 0. The Morgan fingerprint density at radius 1 is 1.41 bits per heavy atom. The van der Waals surface area contributed by atoms with E-state index in [4.69, 9.17) is 9.84 Å². The van der Waals surface area contributed by atoms with E-state index < -0.39 is 5.97 Å². The molecule has 98 valence electrons. The van der Waals surface area contributed by atoms with Crippen molar-refractivity contribution in [3.05, 3.63) is 0 Å². The van der Waals surface area contributed by atoms with Crippen LogP contribution < -0.4 is 0 Å². The van der Waals surface area contributed by atoms with E-state index >= 15 is 0 Å². The molecule has 17 heavy (non-hydrogen) atoms. The van der Waals surface area contributed by atoms with Gasteiger partial charge in [-0.1, -0.05) is 6.42 Å². The molecule has 5 heteroatoms. The standard InChI is InChI=1S/C12H21NO4/c1-3-13(8-5-10(14)15)11(16)12(9-17-2)6-4-7-12/h3-9H2,1-2H3,(H,14,15). The summed E-state index contributed by atoms with van der Waals surface area (Å²) in [6.45, 7) is 3.15. The van der Waals surface area contributed by atoms with Crippen LogP contribution >= 0.6 is 0 Å². The molecule has 0 bridgehead atoms. The number of carboxylic acid groups (broad SMARTS) is 1. The highest BCUT2D eigenvalue weighted by Crippen LogP contribution is 2.42. The average Bonchev–Trinajstić information content (AvgIpc) is 2.23. The number of aliphatic carboxylic acids is 1. The molecule has 0 unspecified atom stereocenters. The van der Waals surface area contributed by atoms with Crippen molar-refractivity contribution in [2.24, 2.45) is 5.41 Å². The molecule has 0 aromatic carbocycles. The molecule has 0 spiro atoms. The molecule has 0 aliphatic heterocycles. The molecule has 1 aliphatic rings. The lowest BCUT2D eigenvalue weighted by atomic mass is 9.68. The van der Waals surface area contributed by atoms with E-state index in [9.17, 15) is 9.59 Å². The molecule has 1 saturated carbocycles. The summed E-state index contributed by atoms with van der Waals surface area (Å²) in [4.78, 5) is 24.5. The minimum absolute atomic E-state index is 0.00262. The summed E-state index contributed by atoms with van der Waals surface area (Å²) in [5, 5.41) is 8.65. The highest BCUT2D eigenvalue weighted by atomic mass is 16.5. The predicted octanol–water partition coefficient (Wildman–Crippen LogP) is 1.13. The summed E-state index contributed by atoms with van der Waals surface area (Å²) in [7, 11) is 1.60. The third-order valence-electron chi connectivity index (χ3n) is 3.45. The fraction of sp³-hybridized carbons (Fsp3) is 0.833. The van der Waals surface area contributed by atoms with E-state index in [1.165, 1.54) is 0 Å². The first kappa shape index (κ1) is 14.0. The van der Waals surface area contributed by atoms with Crippen molar-refractivity contribution < 1.29 is 19.4 Å². The maximum Gasteiger partial charge on any atom is 0.305 e. The normalized spacial score (nSPS) is 17.3. The van der Waals surface area contributed by atoms with Crippen LogP contribution in [0.4, 0.5) is 0 Å². The molecule has 0 atom stereocenters. The van der Waals surface area contributed by atoms with Crippen molar-refractivity contribution in [2.75, 3.05) is 26.8 Å². The number of methoxy groups -OCH3 is 1. The van der Waals surface area contributed by atoms with Crippen molar-refractivity contribution >= 4 is 11.9 Å². The van der Waals surface area contributed by atoms with Crippen molar-refractivity contribution in [3.63, 3.8) is 0 Å². The Kier molecular flexibility index (Phi) is 4.93. The zero-order valence-corrected chi connectivity index (χ0v) is 10.6. The quantitative estimate of drug-likeness (QED) is 0.727. The van der Waals surface area contributed by atoms with Gasteiger partial charge in [0.2, 0.25) is 5.91 Å². The predicted molar refractivity (Wildman–Crippen MR) is 62.7 cm³/mol. The van der Waals surface area contributed by atoms with Crippen LogP contribution in [-0.2, 0) is 14.3 Å². The molecule has 0 radical (unpaired) electrons. The van der Waals surface area contributed by atoms with E-state index in [1.807, 2.05) is 6.92 Å². The first-order chi connectivity index (χ1) is 8.05. The SMILES string of the molecule is CCN(CCC(=O)O)C(=O)C1(COC)CCC1. The summed E-state index contributed by atoms with van der Waals surface area (Å²) in [6.07, 6.45) is 2.75. The lowest BCUT2D eigenvalue weighted by Crippen LogP contribution is -2.50. The van der Waals surface area contributed by atoms with Gasteiger partial charge in [0.25, 0.3) is 0 Å². The number of carbonyl (C=O) groups is 2. The second-order valence-corrected chi connectivity index (χ2v) is 4.60. The molecule has 1 fully saturated rings. The van der Waals surface area contributed by atoms with Crippen LogP contribution in [0.3, 0.4) is 0 Å². The van der Waals surface area contributed by atoms with Crippen molar-refractivity contribution in [1.29, 1.82) is 0 Å². The monoisotopic (exact) mass is 243 g/mol. The first-order valence-electron chi connectivity index (χ1n) is 6.06. The Balaban J connectivity index is 2.60. The Morgan fingerprint density at radius 3 is 2.41 bits per heavy atom. The Hall–Kier alpha value is -1.10. The Morgan fingerprint density at radius 2 is 2.06 bits per heavy atom. The first-order valence-corrected chi connectivity index (χ1v) is 6.06. The van der Waals surface area contributed by atoms with Crippen LogP contribution in [0.5, 0.6) is 0 Å². The van der Waals surface area contributed by atoms with Crippen LogP contribution in [0.25, 0.3) is 0 Å². The van der Waals surface area contributed by atoms with Gasteiger partial charge in [-0.05, 0) is 19.8 Å². The molecule has 0 heterocycles. The number of ether oxygens (including phenoxy) is 1. The maximum absolute atomic E-state index is 12.3. The average molecular weight is 243 g/mol. The zero-order valence-electron chi connectivity index (χ0n) is 10.6. The second kappa shape index (κ2) is 6.00. The molecule has 0 aromatic rings. The topological polar surface area (TPSA) is 66.8 Å². The number of amides is 1. The molecular formula is C12H21NO4. The zero-order chi connectivity index (χ0) is 12.9. The van der Waals surface area contributed by atoms with Crippen LogP contribution in [-0.4, -0.2) is 48.7 Å². The summed E-state index contributed by atoms with van der Waals surface area (Å²) in [6, 6.07) is 0. The van der Waals surface area contributed by atoms with Crippen molar-refractivity contribution in [1.82, 2.24) is 4.90 Å². The van der Waals surface area contributed by atoms with Crippen LogP contribution in [0.1, 0.15) is 32.6 Å². The molecule has 1 amide bonds. The maximum atomic E-state index is 12.3. The van der Waals surface area contributed by atoms with Gasteiger partial charge < -0.3 is 14.7 Å². The van der Waals surface area contributed by atoms with E-state index in [0.29, 0.717) is 13.2 Å². The van der Waals surface area contributed by atoms with Gasteiger partial charge in [-0.25, -0.2) is 0 Å². The number of rotatable bonds is 7. The van der Waals surface area contributed by atoms with Crippen LogP contribution in [0.2, 0.25) is 0 Å². The minimum atomic E-state index is -0.870. The Labute approximate surface area is 102 Å². The molecule has 0 aromatic heterocycles. The van der Waals surface area contributed by atoms with Crippen LogP contribution in [0.15, 0.2) is 0 Å². The van der Waals surface area contributed by atoms with E-state index in [0.717, 1.165) is 19.3 Å². The smallest absolute Gasteiger partial charge is 0.305 e. The van der Waals surface area contributed by atoms with Crippen molar-refractivity contribution in [2.45, 2.75) is 32.6 Å².